The molecule has 0 fully saturated rings. The van der Waals surface area contributed by atoms with E-state index in [1.54, 1.807) is 0 Å². The normalized spacial score (nSPS) is 10.5. The number of aromatic nitrogens is 2. The van der Waals surface area contributed by atoms with Gasteiger partial charge in [0.2, 0.25) is 11.7 Å². The van der Waals surface area contributed by atoms with Crippen molar-refractivity contribution in [2.24, 2.45) is 0 Å². The summed E-state index contributed by atoms with van der Waals surface area (Å²) in [6, 6.07) is 13.7. The van der Waals surface area contributed by atoms with Gasteiger partial charge in [-0.25, -0.2) is 0 Å². The fourth-order valence-electron chi connectivity index (χ4n) is 2.59. The summed E-state index contributed by atoms with van der Waals surface area (Å²) in [6.45, 7) is 7.03. The summed E-state index contributed by atoms with van der Waals surface area (Å²) in [5, 5.41) is 10.8. The van der Waals surface area contributed by atoms with Crippen LogP contribution in [-0.4, -0.2) is 21.9 Å². The molecule has 27 heavy (non-hydrogen) atoms. The minimum absolute atomic E-state index is 0.348. The first-order valence-electron chi connectivity index (χ1n) is 8.73. The molecule has 0 aliphatic rings. The van der Waals surface area contributed by atoms with E-state index in [0.29, 0.717) is 30.0 Å². The van der Waals surface area contributed by atoms with Crippen molar-refractivity contribution in [2.75, 3.05) is 11.9 Å². The average Bonchev–Trinajstić information content (AvgIpc) is 3.12. The summed E-state index contributed by atoms with van der Waals surface area (Å²) in [5.41, 5.74) is 4.18. The second kappa shape index (κ2) is 8.64. The van der Waals surface area contributed by atoms with Crippen molar-refractivity contribution >= 4 is 23.0 Å². The molecule has 2 aromatic carbocycles. The lowest BCUT2D eigenvalue weighted by atomic mass is 10.1. The van der Waals surface area contributed by atoms with E-state index < -0.39 is 0 Å². The number of ether oxygens (including phenoxy) is 1. The van der Waals surface area contributed by atoms with E-state index in [2.05, 4.69) is 33.8 Å². The third-order valence-corrected chi connectivity index (χ3v) is 4.17. The lowest BCUT2D eigenvalue weighted by Gasteiger charge is -2.11. The molecule has 0 atom stereocenters. The Labute approximate surface area is 163 Å². The van der Waals surface area contributed by atoms with Crippen molar-refractivity contribution in [3.8, 4) is 17.1 Å². The van der Waals surface area contributed by atoms with Gasteiger partial charge < -0.3 is 19.9 Å². The molecule has 0 aliphatic carbocycles. The number of nitrogens with zero attached hydrogens (tertiary/aromatic N) is 2. The molecule has 7 heteroatoms. The molecule has 0 radical (unpaired) electrons. The Morgan fingerprint density at radius 1 is 1.15 bits per heavy atom. The summed E-state index contributed by atoms with van der Waals surface area (Å²) in [6.07, 6.45) is 0. The van der Waals surface area contributed by atoms with Gasteiger partial charge in [0.15, 0.2) is 5.11 Å². The van der Waals surface area contributed by atoms with Crippen molar-refractivity contribution < 1.29 is 9.26 Å². The average molecular weight is 382 g/mol. The van der Waals surface area contributed by atoms with Crippen LogP contribution in [0.15, 0.2) is 47.0 Å². The minimum atomic E-state index is 0.348. The summed E-state index contributed by atoms with van der Waals surface area (Å²) >= 11 is 5.34. The molecule has 0 spiro atoms. The standard InChI is InChI=1S/C20H22N4O2S/c1-4-25-16-8-6-15(7-9-16)19-23-18(26-24-19)12-21-20(27)22-17-10-5-13(2)11-14(17)3/h5-11H,4,12H2,1-3H3,(H2,21,22,27). The van der Waals surface area contributed by atoms with Crippen LogP contribution in [-0.2, 0) is 6.54 Å². The Kier molecular flexibility index (Phi) is 6.03. The minimum Gasteiger partial charge on any atom is -0.494 e. The van der Waals surface area contributed by atoms with Crippen LogP contribution >= 0.6 is 12.2 Å². The van der Waals surface area contributed by atoms with Gasteiger partial charge in [-0.05, 0) is 68.9 Å². The Bertz CT molecular complexity index is 922. The van der Waals surface area contributed by atoms with Crippen LogP contribution in [0.2, 0.25) is 0 Å². The molecule has 1 heterocycles. The first-order valence-corrected chi connectivity index (χ1v) is 9.14. The predicted molar refractivity (Wildman–Crippen MR) is 110 cm³/mol. The van der Waals surface area contributed by atoms with Gasteiger partial charge in [0.1, 0.15) is 5.75 Å². The fraction of sp³-hybridized carbons (Fsp3) is 0.250. The van der Waals surface area contributed by atoms with Crippen molar-refractivity contribution in [1.29, 1.82) is 0 Å². The van der Waals surface area contributed by atoms with Crippen molar-refractivity contribution in [3.05, 3.63) is 59.5 Å². The van der Waals surface area contributed by atoms with E-state index in [9.17, 15) is 0 Å². The molecular weight excluding hydrogens is 360 g/mol. The fourth-order valence-corrected chi connectivity index (χ4v) is 2.77. The van der Waals surface area contributed by atoms with Crippen LogP contribution in [0.5, 0.6) is 5.75 Å². The van der Waals surface area contributed by atoms with Crippen LogP contribution in [0, 0.1) is 13.8 Å². The first-order chi connectivity index (χ1) is 13.0. The second-order valence-corrected chi connectivity index (χ2v) is 6.50. The number of anilines is 1. The van der Waals surface area contributed by atoms with Gasteiger partial charge in [-0.2, -0.15) is 4.98 Å². The maximum Gasteiger partial charge on any atom is 0.246 e. The molecule has 0 saturated heterocycles. The molecule has 0 saturated carbocycles. The zero-order chi connectivity index (χ0) is 19.2. The maximum atomic E-state index is 5.43. The molecule has 1 aromatic heterocycles. The highest BCUT2D eigenvalue weighted by Gasteiger charge is 2.09. The molecule has 3 aromatic rings. The number of rotatable bonds is 6. The van der Waals surface area contributed by atoms with Gasteiger partial charge in [-0.15, -0.1) is 0 Å². The molecule has 0 amide bonds. The number of benzene rings is 2. The van der Waals surface area contributed by atoms with E-state index in [-0.39, 0.29) is 0 Å². The number of aryl methyl sites for hydroxylation is 2. The zero-order valence-electron chi connectivity index (χ0n) is 15.6. The SMILES string of the molecule is CCOc1ccc(-c2noc(CNC(=S)Nc3ccc(C)cc3C)n2)cc1. The van der Waals surface area contributed by atoms with Crippen LogP contribution < -0.4 is 15.4 Å². The molecular formula is C20H22N4O2S. The molecule has 0 aliphatic heterocycles. The third-order valence-electron chi connectivity index (χ3n) is 3.92. The Balaban J connectivity index is 1.56. The van der Waals surface area contributed by atoms with Gasteiger partial charge in [0.05, 0.1) is 13.2 Å². The Morgan fingerprint density at radius 2 is 1.93 bits per heavy atom. The van der Waals surface area contributed by atoms with Gasteiger partial charge in [-0.1, -0.05) is 22.9 Å². The van der Waals surface area contributed by atoms with Crippen LogP contribution in [0.25, 0.3) is 11.4 Å². The molecule has 6 nitrogen and oxygen atoms in total. The maximum absolute atomic E-state index is 5.43. The summed E-state index contributed by atoms with van der Waals surface area (Å²) < 4.78 is 10.7. The summed E-state index contributed by atoms with van der Waals surface area (Å²) in [5.74, 6) is 1.81. The highest BCUT2D eigenvalue weighted by molar-refractivity contribution is 7.80. The van der Waals surface area contributed by atoms with Gasteiger partial charge in [-0.3, -0.25) is 0 Å². The van der Waals surface area contributed by atoms with Gasteiger partial charge in [0.25, 0.3) is 0 Å². The molecule has 0 bridgehead atoms. The first kappa shape index (κ1) is 18.8. The van der Waals surface area contributed by atoms with Crippen LogP contribution in [0.1, 0.15) is 23.9 Å². The molecule has 2 N–H and O–H groups in total. The quantitative estimate of drug-likeness (QED) is 0.618. The predicted octanol–water partition coefficient (Wildman–Crippen LogP) is 4.24. The lowest BCUT2D eigenvalue weighted by Crippen LogP contribution is -2.28. The van der Waals surface area contributed by atoms with Crippen molar-refractivity contribution in [1.82, 2.24) is 15.5 Å². The topological polar surface area (TPSA) is 72.2 Å². The zero-order valence-corrected chi connectivity index (χ0v) is 16.4. The number of nitrogens with one attached hydrogen (secondary N) is 2. The van der Waals surface area contributed by atoms with Crippen molar-refractivity contribution in [2.45, 2.75) is 27.3 Å². The van der Waals surface area contributed by atoms with E-state index in [1.807, 2.05) is 50.2 Å². The molecule has 3 rings (SSSR count). The van der Waals surface area contributed by atoms with E-state index >= 15 is 0 Å². The van der Waals surface area contributed by atoms with Gasteiger partial charge >= 0.3 is 0 Å². The third kappa shape index (κ3) is 5.04. The number of hydrogen-bond donors (Lipinski definition) is 2. The van der Waals surface area contributed by atoms with Crippen molar-refractivity contribution in [3.63, 3.8) is 0 Å². The lowest BCUT2D eigenvalue weighted by molar-refractivity contribution is 0.340. The molecule has 140 valence electrons. The monoisotopic (exact) mass is 382 g/mol. The summed E-state index contributed by atoms with van der Waals surface area (Å²) in [4.78, 5) is 4.40. The van der Waals surface area contributed by atoms with E-state index in [1.165, 1.54) is 5.56 Å². The summed E-state index contributed by atoms with van der Waals surface area (Å²) in [7, 11) is 0. The Hall–Kier alpha value is -2.93. The van der Waals surface area contributed by atoms with Crippen LogP contribution in [0.4, 0.5) is 5.69 Å². The Morgan fingerprint density at radius 3 is 2.63 bits per heavy atom. The highest BCUT2D eigenvalue weighted by atomic mass is 32.1. The molecule has 0 unspecified atom stereocenters. The van der Waals surface area contributed by atoms with E-state index in [4.69, 9.17) is 21.5 Å². The second-order valence-electron chi connectivity index (χ2n) is 6.10. The number of hydrogen-bond acceptors (Lipinski definition) is 5. The van der Waals surface area contributed by atoms with Gasteiger partial charge in [0, 0.05) is 11.3 Å². The highest BCUT2D eigenvalue weighted by Crippen LogP contribution is 2.20. The number of thiocarbonyl (C=S) groups is 1. The van der Waals surface area contributed by atoms with E-state index in [0.717, 1.165) is 22.6 Å². The smallest absolute Gasteiger partial charge is 0.246 e. The van der Waals surface area contributed by atoms with Crippen LogP contribution in [0.3, 0.4) is 0 Å². The largest absolute Gasteiger partial charge is 0.494 e.